The van der Waals surface area contributed by atoms with Crippen LogP contribution in [-0.4, -0.2) is 59.0 Å². The van der Waals surface area contributed by atoms with Crippen LogP contribution in [0.5, 0.6) is 0 Å². The summed E-state index contributed by atoms with van der Waals surface area (Å²) in [4.78, 5) is 27.0. The fourth-order valence-electron chi connectivity index (χ4n) is 4.45. The monoisotopic (exact) mass is 429 g/mol. The van der Waals surface area contributed by atoms with Crippen LogP contribution in [0.3, 0.4) is 0 Å². The Morgan fingerprint density at radius 2 is 2.10 bits per heavy atom. The van der Waals surface area contributed by atoms with E-state index in [0.717, 1.165) is 25.7 Å². The number of urea groups is 1. The number of hydrogen-bond donors (Lipinski definition) is 2. The van der Waals surface area contributed by atoms with Gasteiger partial charge in [-0.15, -0.1) is 0 Å². The summed E-state index contributed by atoms with van der Waals surface area (Å²) in [6, 6.07) is 5.67. The molecule has 1 aliphatic heterocycles. The molecule has 9 heteroatoms. The van der Waals surface area contributed by atoms with Crippen LogP contribution in [-0.2, 0) is 4.74 Å². The topological polar surface area (TPSA) is 88.5 Å². The quantitative estimate of drug-likeness (QED) is 0.738. The van der Waals surface area contributed by atoms with Crippen molar-refractivity contribution in [3.63, 3.8) is 0 Å². The molecule has 2 aliphatic rings. The molecular formula is C22H28FN5O3. The minimum Gasteiger partial charge on any atom is -0.383 e. The molecule has 1 saturated carbocycles. The summed E-state index contributed by atoms with van der Waals surface area (Å²) in [5.74, 6) is -0.866. The summed E-state index contributed by atoms with van der Waals surface area (Å²) in [6.45, 7) is 0.977. The first-order chi connectivity index (χ1) is 15.0. The molecule has 8 nitrogen and oxygen atoms in total. The van der Waals surface area contributed by atoms with Crippen LogP contribution < -0.4 is 10.6 Å². The lowest BCUT2D eigenvalue weighted by Gasteiger charge is -2.26. The second kappa shape index (κ2) is 9.47. The average molecular weight is 429 g/mol. The maximum atomic E-state index is 13.4. The third-order valence-corrected chi connectivity index (χ3v) is 6.02. The molecule has 2 heterocycles. The van der Waals surface area contributed by atoms with E-state index in [0.29, 0.717) is 25.3 Å². The van der Waals surface area contributed by atoms with Gasteiger partial charge in [-0.1, -0.05) is 18.9 Å². The molecule has 0 spiro atoms. The van der Waals surface area contributed by atoms with Gasteiger partial charge in [0.25, 0.3) is 5.91 Å². The van der Waals surface area contributed by atoms with Gasteiger partial charge in [-0.25, -0.2) is 9.18 Å². The van der Waals surface area contributed by atoms with Crippen molar-refractivity contribution in [3.05, 3.63) is 48.0 Å². The van der Waals surface area contributed by atoms with E-state index in [1.54, 1.807) is 30.3 Å². The van der Waals surface area contributed by atoms with Gasteiger partial charge in [0.2, 0.25) is 0 Å². The van der Waals surface area contributed by atoms with Gasteiger partial charge in [0.1, 0.15) is 5.82 Å². The lowest BCUT2D eigenvalue weighted by Crippen LogP contribution is -2.47. The van der Waals surface area contributed by atoms with E-state index in [2.05, 4.69) is 15.7 Å². The van der Waals surface area contributed by atoms with Crippen LogP contribution >= 0.6 is 0 Å². The third-order valence-electron chi connectivity index (χ3n) is 6.02. The van der Waals surface area contributed by atoms with Gasteiger partial charge in [0.15, 0.2) is 0 Å². The number of rotatable bonds is 6. The molecule has 1 aromatic heterocycles. The Kier molecular flexibility index (Phi) is 6.50. The lowest BCUT2D eigenvalue weighted by atomic mass is 10.2. The third kappa shape index (κ3) is 5.04. The van der Waals surface area contributed by atoms with Gasteiger partial charge in [-0.05, 0) is 37.5 Å². The van der Waals surface area contributed by atoms with Crippen LogP contribution in [0.15, 0.2) is 36.7 Å². The molecule has 1 aromatic carbocycles. The number of likely N-dealkylation sites (tertiary alicyclic amines) is 1. The van der Waals surface area contributed by atoms with E-state index < -0.39 is 11.7 Å². The minimum absolute atomic E-state index is 0.0192. The number of benzene rings is 1. The fourth-order valence-corrected chi connectivity index (χ4v) is 4.45. The van der Waals surface area contributed by atoms with E-state index in [-0.39, 0.29) is 29.7 Å². The fraction of sp³-hybridized carbons (Fsp3) is 0.500. The largest absolute Gasteiger partial charge is 0.383 e. The average Bonchev–Trinajstić information content (AvgIpc) is 3.49. The number of ether oxygens (including phenoxy) is 1. The van der Waals surface area contributed by atoms with Crippen LogP contribution in [0.25, 0.3) is 0 Å². The summed E-state index contributed by atoms with van der Waals surface area (Å²) < 4.78 is 20.5. The van der Waals surface area contributed by atoms with Gasteiger partial charge in [-0.2, -0.15) is 5.10 Å². The minimum atomic E-state index is -0.463. The van der Waals surface area contributed by atoms with Gasteiger partial charge in [0, 0.05) is 31.5 Å². The van der Waals surface area contributed by atoms with Gasteiger partial charge in [0.05, 0.1) is 30.6 Å². The molecule has 2 N–H and O–H groups in total. The van der Waals surface area contributed by atoms with Gasteiger partial charge >= 0.3 is 6.03 Å². The predicted octanol–water partition coefficient (Wildman–Crippen LogP) is 3.19. The molecule has 0 unspecified atom stereocenters. The number of carbonyl (C=O) groups excluding carboxylic acids is 2. The molecule has 2 fully saturated rings. The number of carbonyl (C=O) groups is 2. The first-order valence-electron chi connectivity index (χ1n) is 10.7. The van der Waals surface area contributed by atoms with Crippen molar-refractivity contribution in [3.8, 4) is 0 Å². The van der Waals surface area contributed by atoms with Crippen molar-refractivity contribution in [1.82, 2.24) is 20.0 Å². The van der Waals surface area contributed by atoms with Crippen molar-refractivity contribution in [1.29, 1.82) is 0 Å². The molecule has 4 rings (SSSR count). The normalized spacial score (nSPS) is 21.4. The zero-order valence-electron chi connectivity index (χ0n) is 17.6. The van der Waals surface area contributed by atoms with E-state index in [9.17, 15) is 14.0 Å². The Morgan fingerprint density at radius 3 is 2.84 bits per heavy atom. The smallest absolute Gasteiger partial charge is 0.318 e. The van der Waals surface area contributed by atoms with E-state index >= 15 is 0 Å². The molecule has 31 heavy (non-hydrogen) atoms. The number of hydrogen-bond acceptors (Lipinski definition) is 4. The van der Waals surface area contributed by atoms with E-state index in [4.69, 9.17) is 4.74 Å². The summed E-state index contributed by atoms with van der Waals surface area (Å²) in [6.07, 6.45) is 8.40. The molecule has 3 amide bonds. The second-order valence-electron chi connectivity index (χ2n) is 8.26. The summed E-state index contributed by atoms with van der Waals surface area (Å²) in [7, 11) is 1.63. The Morgan fingerprint density at radius 1 is 1.29 bits per heavy atom. The molecule has 1 saturated heterocycles. The first kappa shape index (κ1) is 21.3. The lowest BCUT2D eigenvalue weighted by molar-refractivity contribution is 0.102. The highest BCUT2D eigenvalue weighted by atomic mass is 19.1. The van der Waals surface area contributed by atoms with E-state index in [1.807, 2.05) is 4.90 Å². The Balaban J connectivity index is 1.40. The van der Waals surface area contributed by atoms with Crippen molar-refractivity contribution in [2.24, 2.45) is 0 Å². The van der Waals surface area contributed by atoms with Crippen molar-refractivity contribution >= 4 is 17.6 Å². The van der Waals surface area contributed by atoms with E-state index in [1.165, 1.54) is 18.2 Å². The number of methoxy groups -OCH3 is 1. The van der Waals surface area contributed by atoms with Crippen molar-refractivity contribution in [2.75, 3.05) is 25.6 Å². The molecule has 0 radical (unpaired) electrons. The predicted molar refractivity (Wildman–Crippen MR) is 113 cm³/mol. The van der Waals surface area contributed by atoms with Crippen LogP contribution in [0.2, 0.25) is 0 Å². The summed E-state index contributed by atoms with van der Waals surface area (Å²) in [5, 5.41) is 10.3. The number of aromatic nitrogens is 2. The number of nitrogens with zero attached hydrogens (tertiary/aromatic N) is 3. The molecule has 166 valence electrons. The summed E-state index contributed by atoms with van der Waals surface area (Å²) in [5.41, 5.74) is 0.759. The maximum absolute atomic E-state index is 13.4. The van der Waals surface area contributed by atoms with Crippen LogP contribution in [0.4, 0.5) is 14.9 Å². The maximum Gasteiger partial charge on any atom is 0.318 e. The Bertz CT molecular complexity index is 927. The molecule has 0 bridgehead atoms. The van der Waals surface area contributed by atoms with Crippen LogP contribution in [0, 0.1) is 5.82 Å². The Labute approximate surface area is 180 Å². The van der Waals surface area contributed by atoms with Gasteiger partial charge in [-0.3, -0.25) is 9.48 Å². The molecule has 2 aromatic rings. The zero-order valence-corrected chi connectivity index (χ0v) is 17.6. The molecule has 1 aliphatic carbocycles. The number of nitrogens with one attached hydrogen (secondary N) is 2. The molecule has 2 atom stereocenters. The van der Waals surface area contributed by atoms with Crippen molar-refractivity contribution in [2.45, 2.75) is 50.2 Å². The zero-order chi connectivity index (χ0) is 21.8. The molecular weight excluding hydrogens is 401 g/mol. The highest BCUT2D eigenvalue weighted by molar-refractivity contribution is 6.04. The number of anilines is 1. The summed E-state index contributed by atoms with van der Waals surface area (Å²) >= 11 is 0. The standard InChI is InChI=1S/C22H28FN5O3/c1-31-14-20-10-19(13-27(20)22(30)26-17-7-2-3-8-17)28-12-18(11-24-28)25-21(29)15-5-4-6-16(23)9-15/h4-6,9,11-12,17,19-20H,2-3,7-8,10,13-14H2,1H3,(H,25,29)(H,26,30)/t19-,20-/m0/s1. The highest BCUT2D eigenvalue weighted by Gasteiger charge is 2.37. The second-order valence-corrected chi connectivity index (χ2v) is 8.26. The number of halogens is 1. The highest BCUT2D eigenvalue weighted by Crippen LogP contribution is 2.29. The SMILES string of the molecule is COC[C@@H]1C[C@H](n2cc(NC(=O)c3cccc(F)c3)cn2)CN1C(=O)NC1CCCC1. The van der Waals surface area contributed by atoms with Crippen LogP contribution in [0.1, 0.15) is 48.5 Å². The first-order valence-corrected chi connectivity index (χ1v) is 10.7. The Hall–Kier alpha value is -2.94. The number of amides is 3. The van der Waals surface area contributed by atoms with Gasteiger partial charge < -0.3 is 20.3 Å². The van der Waals surface area contributed by atoms with Crippen molar-refractivity contribution < 1.29 is 18.7 Å².